The largest absolute Gasteiger partial charge is 0.435 e. The molecule has 134 valence electrons. The Morgan fingerprint density at radius 3 is 2.44 bits per heavy atom. The fourth-order valence-corrected chi connectivity index (χ4v) is 2.62. The van der Waals surface area contributed by atoms with E-state index in [9.17, 15) is 22.4 Å². The molecule has 0 spiro atoms. The quantitative estimate of drug-likeness (QED) is 0.573. The maximum absolute atomic E-state index is 12.5. The van der Waals surface area contributed by atoms with Crippen molar-refractivity contribution in [2.45, 2.75) is 30.4 Å². The predicted molar refractivity (Wildman–Crippen MR) is 85.1 cm³/mol. The van der Waals surface area contributed by atoms with Gasteiger partial charge in [-0.2, -0.15) is 17.6 Å². The van der Waals surface area contributed by atoms with Crippen LogP contribution in [0, 0.1) is 0 Å². The van der Waals surface area contributed by atoms with Crippen LogP contribution in [0.4, 0.5) is 17.6 Å². The average Bonchev–Trinajstić information content (AvgIpc) is 2.54. The monoisotopic (exact) mass is 374 g/mol. The van der Waals surface area contributed by atoms with E-state index in [-0.39, 0.29) is 28.1 Å². The van der Waals surface area contributed by atoms with Crippen LogP contribution in [0.2, 0.25) is 0 Å². The van der Waals surface area contributed by atoms with Gasteiger partial charge in [-0.05, 0) is 48.5 Å². The number of thioether (sulfide) groups is 1. The van der Waals surface area contributed by atoms with Gasteiger partial charge in [-0.25, -0.2) is 4.98 Å². The van der Waals surface area contributed by atoms with E-state index in [4.69, 9.17) is 0 Å². The Hall–Kier alpha value is -2.29. The number of benzene rings is 1. The van der Waals surface area contributed by atoms with E-state index in [0.717, 1.165) is 0 Å². The van der Waals surface area contributed by atoms with E-state index in [1.54, 1.807) is 6.92 Å². The topological polar surface area (TPSA) is 51.2 Å². The number of halogens is 4. The van der Waals surface area contributed by atoms with Crippen molar-refractivity contribution >= 4 is 17.7 Å². The van der Waals surface area contributed by atoms with Gasteiger partial charge < -0.3 is 10.1 Å². The van der Waals surface area contributed by atoms with Gasteiger partial charge in [-0.15, -0.1) is 0 Å². The van der Waals surface area contributed by atoms with Crippen LogP contribution in [-0.4, -0.2) is 23.3 Å². The van der Waals surface area contributed by atoms with Crippen molar-refractivity contribution in [1.82, 2.24) is 10.3 Å². The zero-order valence-corrected chi connectivity index (χ0v) is 13.8. The normalized spacial score (nSPS) is 12.3. The van der Waals surface area contributed by atoms with Crippen molar-refractivity contribution in [3.8, 4) is 5.75 Å². The molecule has 4 nitrogen and oxygen atoms in total. The summed E-state index contributed by atoms with van der Waals surface area (Å²) in [5.74, 6) is -3.25. The second kappa shape index (κ2) is 8.70. The smallest absolute Gasteiger partial charge is 0.387 e. The molecule has 0 bridgehead atoms. The highest BCUT2D eigenvalue weighted by Gasteiger charge is 2.18. The van der Waals surface area contributed by atoms with E-state index >= 15 is 0 Å². The van der Waals surface area contributed by atoms with Crippen molar-refractivity contribution in [3.05, 3.63) is 53.7 Å². The number of carbonyl (C=O) groups is 1. The van der Waals surface area contributed by atoms with Crippen LogP contribution in [0.5, 0.6) is 5.75 Å². The average molecular weight is 374 g/mol. The van der Waals surface area contributed by atoms with E-state index in [2.05, 4.69) is 15.0 Å². The molecule has 1 N–H and O–H groups in total. The van der Waals surface area contributed by atoms with Gasteiger partial charge in [-0.1, -0.05) is 12.1 Å². The first kappa shape index (κ1) is 19.0. The molecule has 1 aromatic heterocycles. The molecule has 1 heterocycles. The van der Waals surface area contributed by atoms with Gasteiger partial charge in [0.1, 0.15) is 10.8 Å². The summed E-state index contributed by atoms with van der Waals surface area (Å²) < 4.78 is 53.6. The molecule has 2 aromatic rings. The minimum atomic E-state index is -2.92. The Kier molecular flexibility index (Phi) is 6.63. The lowest BCUT2D eigenvalue weighted by molar-refractivity contribution is -0.0498. The summed E-state index contributed by atoms with van der Waals surface area (Å²) in [6, 6.07) is 8.17. The molecule has 0 aliphatic rings. The number of ether oxygens (including phenoxy) is 1. The van der Waals surface area contributed by atoms with Crippen LogP contribution in [0.25, 0.3) is 0 Å². The minimum absolute atomic E-state index is 0.000144. The highest BCUT2D eigenvalue weighted by Crippen LogP contribution is 2.27. The number of carbonyl (C=O) groups excluding carboxylic acids is 1. The zero-order valence-electron chi connectivity index (χ0n) is 13.0. The summed E-state index contributed by atoms with van der Waals surface area (Å²) in [6.07, 6.45) is 1.33. The number of rotatable bonds is 7. The molecule has 0 aliphatic heterocycles. The van der Waals surface area contributed by atoms with Crippen LogP contribution in [0.3, 0.4) is 0 Å². The summed E-state index contributed by atoms with van der Waals surface area (Å²) in [5.41, 5.74) is 0.680. The Bertz CT molecular complexity index is 714. The Balaban J connectivity index is 2.07. The Morgan fingerprint density at radius 1 is 1.16 bits per heavy atom. The van der Waals surface area contributed by atoms with E-state index < -0.39 is 24.3 Å². The van der Waals surface area contributed by atoms with Crippen LogP contribution < -0.4 is 10.1 Å². The van der Waals surface area contributed by atoms with Crippen molar-refractivity contribution in [2.75, 3.05) is 0 Å². The number of pyridine rings is 1. The summed E-state index contributed by atoms with van der Waals surface area (Å²) in [6.45, 7) is -1.24. The highest BCUT2D eigenvalue weighted by atomic mass is 32.2. The first-order valence-corrected chi connectivity index (χ1v) is 8.00. The number of alkyl halides is 4. The van der Waals surface area contributed by atoms with Crippen molar-refractivity contribution < 1.29 is 27.1 Å². The third-order valence-electron chi connectivity index (χ3n) is 3.17. The summed E-state index contributed by atoms with van der Waals surface area (Å²) in [5, 5.41) is 2.59. The summed E-state index contributed by atoms with van der Waals surface area (Å²) in [7, 11) is 0. The molecular formula is C16H14F4N2O2S. The molecular weight excluding hydrogens is 360 g/mol. The van der Waals surface area contributed by atoms with Crippen LogP contribution in [0.15, 0.2) is 47.6 Å². The number of aromatic nitrogens is 1. The molecule has 0 radical (unpaired) electrons. The summed E-state index contributed by atoms with van der Waals surface area (Å²) in [4.78, 5) is 16.1. The van der Waals surface area contributed by atoms with E-state index in [1.807, 2.05) is 0 Å². The second-order valence-electron chi connectivity index (χ2n) is 4.88. The molecule has 0 aliphatic carbocycles. The van der Waals surface area contributed by atoms with Crippen molar-refractivity contribution in [3.63, 3.8) is 0 Å². The van der Waals surface area contributed by atoms with Gasteiger partial charge in [0.2, 0.25) is 0 Å². The number of nitrogens with zero attached hydrogens (tertiary/aromatic N) is 1. The zero-order chi connectivity index (χ0) is 18.4. The second-order valence-corrected chi connectivity index (χ2v) is 5.86. The molecule has 25 heavy (non-hydrogen) atoms. The molecule has 1 aromatic carbocycles. The first-order valence-electron chi connectivity index (χ1n) is 7.12. The number of hydrogen-bond donors (Lipinski definition) is 1. The lowest BCUT2D eigenvalue weighted by Crippen LogP contribution is -2.27. The van der Waals surface area contributed by atoms with E-state index in [1.165, 1.54) is 42.6 Å². The van der Waals surface area contributed by atoms with Gasteiger partial charge in [0.15, 0.2) is 0 Å². The van der Waals surface area contributed by atoms with Gasteiger partial charge in [0.05, 0.1) is 11.6 Å². The van der Waals surface area contributed by atoms with E-state index in [0.29, 0.717) is 5.56 Å². The predicted octanol–water partition coefficient (Wildman–Crippen LogP) is 4.49. The third-order valence-corrected chi connectivity index (χ3v) is 3.90. The van der Waals surface area contributed by atoms with Gasteiger partial charge >= 0.3 is 6.61 Å². The lowest BCUT2D eigenvalue weighted by Gasteiger charge is -2.16. The van der Waals surface area contributed by atoms with Crippen molar-refractivity contribution in [2.24, 2.45) is 0 Å². The standard InChI is InChI=1S/C16H14F4N2O2S/c1-9(10-4-6-11(7-5-10)24-15(17)18)22-13(23)12-3-2-8-21-14(12)25-16(19)20/h2-9,15-16H,1H3,(H,22,23). The molecule has 1 atom stereocenters. The highest BCUT2D eigenvalue weighted by molar-refractivity contribution is 7.99. The Morgan fingerprint density at radius 2 is 1.84 bits per heavy atom. The molecule has 2 rings (SSSR count). The summed E-state index contributed by atoms with van der Waals surface area (Å²) >= 11 is 0.191. The molecule has 1 unspecified atom stereocenters. The third kappa shape index (κ3) is 5.63. The van der Waals surface area contributed by atoms with Gasteiger partial charge in [0.25, 0.3) is 11.7 Å². The maximum Gasteiger partial charge on any atom is 0.387 e. The van der Waals surface area contributed by atoms with Gasteiger partial charge in [0, 0.05) is 6.20 Å². The minimum Gasteiger partial charge on any atom is -0.435 e. The molecule has 0 saturated carbocycles. The molecule has 9 heteroatoms. The Labute approximate surface area is 145 Å². The number of amides is 1. The SMILES string of the molecule is CC(NC(=O)c1cccnc1SC(F)F)c1ccc(OC(F)F)cc1. The maximum atomic E-state index is 12.5. The van der Waals surface area contributed by atoms with Crippen LogP contribution in [-0.2, 0) is 0 Å². The number of nitrogens with one attached hydrogen (secondary N) is 1. The molecule has 1 amide bonds. The van der Waals surface area contributed by atoms with Crippen LogP contribution in [0.1, 0.15) is 28.9 Å². The number of hydrogen-bond acceptors (Lipinski definition) is 4. The lowest BCUT2D eigenvalue weighted by atomic mass is 10.1. The molecule has 0 saturated heterocycles. The fraction of sp³-hybridized carbons (Fsp3) is 0.250. The van der Waals surface area contributed by atoms with Gasteiger partial charge in [-0.3, -0.25) is 4.79 Å². The fourth-order valence-electron chi connectivity index (χ4n) is 2.04. The molecule has 0 fully saturated rings. The van der Waals surface area contributed by atoms with Crippen LogP contribution >= 0.6 is 11.8 Å². The first-order chi connectivity index (χ1) is 11.9. The van der Waals surface area contributed by atoms with Crippen molar-refractivity contribution in [1.29, 1.82) is 0 Å².